The molecule has 4 heteroatoms. The van der Waals surface area contributed by atoms with Crippen LogP contribution in [0.2, 0.25) is 0 Å². The van der Waals surface area contributed by atoms with Crippen LogP contribution in [-0.2, 0) is 0 Å². The zero-order chi connectivity index (χ0) is 12.1. The van der Waals surface area contributed by atoms with E-state index in [0.29, 0.717) is 6.42 Å². The van der Waals surface area contributed by atoms with Gasteiger partial charge in [0, 0.05) is 19.6 Å². The maximum absolute atomic E-state index is 12.0. The van der Waals surface area contributed by atoms with E-state index in [1.54, 1.807) is 24.3 Å². The van der Waals surface area contributed by atoms with Crippen LogP contribution >= 0.6 is 0 Å². The lowest BCUT2D eigenvalue weighted by Gasteiger charge is -2.16. The van der Waals surface area contributed by atoms with Gasteiger partial charge in [0.2, 0.25) is 0 Å². The number of likely N-dealkylation sites (tertiary alicyclic amines) is 1. The van der Waals surface area contributed by atoms with Crippen molar-refractivity contribution < 1.29 is 14.2 Å². The molecule has 2 rings (SSSR count). The maximum Gasteiger partial charge on any atom is 0.120 e. The molecule has 0 saturated carbocycles. The van der Waals surface area contributed by atoms with Gasteiger partial charge in [0.25, 0.3) is 0 Å². The average Bonchev–Trinajstić information content (AvgIpc) is 2.77. The lowest BCUT2D eigenvalue weighted by molar-refractivity contribution is 0.198. The van der Waals surface area contributed by atoms with E-state index < -0.39 is 0 Å². The van der Waals surface area contributed by atoms with Crippen LogP contribution in [0.3, 0.4) is 0 Å². The standard InChI is InChI=1S/C13H18FNO2/c14-7-1-8-15-9-6-13(10-15)17-12-4-2-11(16)3-5-12/h2-5,13,16H,1,6-10H2/t13-/m1/s1. The molecule has 0 amide bonds. The van der Waals surface area contributed by atoms with Gasteiger partial charge in [-0.3, -0.25) is 9.29 Å². The lowest BCUT2D eigenvalue weighted by Crippen LogP contribution is -2.26. The summed E-state index contributed by atoms with van der Waals surface area (Å²) in [6.07, 6.45) is 1.76. The predicted octanol–water partition coefficient (Wildman–Crippen LogP) is 2.20. The van der Waals surface area contributed by atoms with E-state index in [-0.39, 0.29) is 18.5 Å². The number of ether oxygens (including phenoxy) is 1. The maximum atomic E-state index is 12.0. The highest BCUT2D eigenvalue weighted by Crippen LogP contribution is 2.20. The molecule has 0 radical (unpaired) electrons. The third-order valence-electron chi connectivity index (χ3n) is 2.98. The average molecular weight is 239 g/mol. The largest absolute Gasteiger partial charge is 0.508 e. The number of hydrogen-bond acceptors (Lipinski definition) is 3. The van der Waals surface area contributed by atoms with E-state index in [4.69, 9.17) is 9.84 Å². The number of alkyl halides is 1. The SMILES string of the molecule is Oc1ccc(O[C@@H]2CCN(CCCF)C2)cc1. The first-order valence-electron chi connectivity index (χ1n) is 6.02. The second-order valence-electron chi connectivity index (χ2n) is 4.37. The molecule has 1 aliphatic heterocycles. The fourth-order valence-corrected chi connectivity index (χ4v) is 2.10. The van der Waals surface area contributed by atoms with Gasteiger partial charge in [0.15, 0.2) is 0 Å². The van der Waals surface area contributed by atoms with Crippen molar-refractivity contribution >= 4 is 0 Å². The number of halogens is 1. The van der Waals surface area contributed by atoms with E-state index in [0.717, 1.165) is 31.8 Å². The molecule has 1 saturated heterocycles. The van der Waals surface area contributed by atoms with E-state index >= 15 is 0 Å². The van der Waals surface area contributed by atoms with Gasteiger partial charge >= 0.3 is 0 Å². The highest BCUT2D eigenvalue weighted by molar-refractivity contribution is 5.30. The zero-order valence-electron chi connectivity index (χ0n) is 9.81. The molecule has 17 heavy (non-hydrogen) atoms. The fourth-order valence-electron chi connectivity index (χ4n) is 2.10. The molecule has 0 aliphatic carbocycles. The normalized spacial score (nSPS) is 20.6. The first-order valence-corrected chi connectivity index (χ1v) is 6.02. The number of phenols is 1. The Hall–Kier alpha value is -1.29. The first kappa shape index (κ1) is 12.2. The summed E-state index contributed by atoms with van der Waals surface area (Å²) in [6.45, 7) is 2.40. The minimum Gasteiger partial charge on any atom is -0.508 e. The van der Waals surface area contributed by atoms with Gasteiger partial charge in [-0.25, -0.2) is 0 Å². The van der Waals surface area contributed by atoms with Gasteiger partial charge in [-0.2, -0.15) is 0 Å². The second kappa shape index (κ2) is 5.87. The van der Waals surface area contributed by atoms with Crippen LogP contribution in [0.1, 0.15) is 12.8 Å². The molecular formula is C13H18FNO2. The van der Waals surface area contributed by atoms with Gasteiger partial charge in [-0.15, -0.1) is 0 Å². The van der Waals surface area contributed by atoms with Crippen LogP contribution < -0.4 is 4.74 Å². The summed E-state index contributed by atoms with van der Waals surface area (Å²) in [5.74, 6) is 1.02. The monoisotopic (exact) mass is 239 g/mol. The van der Waals surface area contributed by atoms with Crippen molar-refractivity contribution in [2.45, 2.75) is 18.9 Å². The molecule has 94 valence electrons. The smallest absolute Gasteiger partial charge is 0.120 e. The first-order chi connectivity index (χ1) is 8.28. The molecule has 1 aromatic carbocycles. The summed E-state index contributed by atoms with van der Waals surface area (Å²) >= 11 is 0. The van der Waals surface area contributed by atoms with Crippen molar-refractivity contribution in [3.8, 4) is 11.5 Å². The predicted molar refractivity (Wildman–Crippen MR) is 64.2 cm³/mol. The summed E-state index contributed by atoms with van der Waals surface area (Å²) < 4.78 is 17.8. The molecule has 1 aromatic rings. The topological polar surface area (TPSA) is 32.7 Å². The minimum absolute atomic E-state index is 0.180. The van der Waals surface area contributed by atoms with E-state index in [2.05, 4.69) is 4.90 Å². The third-order valence-corrected chi connectivity index (χ3v) is 2.98. The number of phenolic OH excluding ortho intramolecular Hbond substituents is 1. The Labute approximate surface area is 101 Å². The van der Waals surface area contributed by atoms with E-state index in [9.17, 15) is 4.39 Å². The van der Waals surface area contributed by atoms with Crippen molar-refractivity contribution in [1.29, 1.82) is 0 Å². The molecule has 1 aliphatic rings. The second-order valence-corrected chi connectivity index (χ2v) is 4.37. The summed E-state index contributed by atoms with van der Waals surface area (Å²) in [5.41, 5.74) is 0. The zero-order valence-corrected chi connectivity index (χ0v) is 9.81. The molecule has 0 unspecified atom stereocenters. The summed E-state index contributed by atoms with van der Waals surface area (Å²) in [7, 11) is 0. The summed E-state index contributed by atoms with van der Waals surface area (Å²) in [6, 6.07) is 6.76. The molecule has 1 fully saturated rings. The number of rotatable bonds is 5. The highest BCUT2D eigenvalue weighted by Gasteiger charge is 2.23. The number of hydrogen-bond donors (Lipinski definition) is 1. The van der Waals surface area contributed by atoms with Crippen LogP contribution in [0, 0.1) is 0 Å². The Morgan fingerprint density at radius 1 is 1.35 bits per heavy atom. The summed E-state index contributed by atoms with van der Waals surface area (Å²) in [5, 5.41) is 9.16. The van der Waals surface area contributed by atoms with Crippen LogP contribution in [0.4, 0.5) is 4.39 Å². The molecular weight excluding hydrogens is 221 g/mol. The van der Waals surface area contributed by atoms with Crippen molar-refractivity contribution in [3.05, 3.63) is 24.3 Å². The van der Waals surface area contributed by atoms with E-state index in [1.807, 2.05) is 0 Å². The number of aromatic hydroxyl groups is 1. The van der Waals surface area contributed by atoms with Crippen molar-refractivity contribution in [2.24, 2.45) is 0 Å². The molecule has 1 atom stereocenters. The Morgan fingerprint density at radius 3 is 2.82 bits per heavy atom. The quantitative estimate of drug-likeness (QED) is 0.855. The van der Waals surface area contributed by atoms with Crippen LogP contribution in [-0.4, -0.2) is 42.4 Å². The molecule has 0 aromatic heterocycles. The molecule has 1 N–H and O–H groups in total. The van der Waals surface area contributed by atoms with Gasteiger partial charge in [0.05, 0.1) is 6.67 Å². The van der Waals surface area contributed by atoms with E-state index in [1.165, 1.54) is 0 Å². The fraction of sp³-hybridized carbons (Fsp3) is 0.538. The Morgan fingerprint density at radius 2 is 2.12 bits per heavy atom. The Balaban J connectivity index is 1.79. The number of nitrogens with zero attached hydrogens (tertiary/aromatic N) is 1. The van der Waals surface area contributed by atoms with Crippen LogP contribution in [0.5, 0.6) is 11.5 Å². The van der Waals surface area contributed by atoms with Crippen LogP contribution in [0.15, 0.2) is 24.3 Å². The van der Waals surface area contributed by atoms with Gasteiger partial charge in [0.1, 0.15) is 17.6 Å². The molecule has 0 bridgehead atoms. The highest BCUT2D eigenvalue weighted by atomic mass is 19.1. The van der Waals surface area contributed by atoms with Gasteiger partial charge in [-0.05, 0) is 37.1 Å². The van der Waals surface area contributed by atoms with Crippen molar-refractivity contribution in [3.63, 3.8) is 0 Å². The lowest BCUT2D eigenvalue weighted by atomic mass is 10.3. The number of benzene rings is 1. The molecule has 0 spiro atoms. The Kier molecular flexibility index (Phi) is 4.20. The Bertz CT molecular complexity index is 342. The van der Waals surface area contributed by atoms with Crippen LogP contribution in [0.25, 0.3) is 0 Å². The molecule has 3 nitrogen and oxygen atoms in total. The third kappa shape index (κ3) is 3.60. The summed E-state index contributed by atoms with van der Waals surface area (Å²) in [4.78, 5) is 2.23. The minimum atomic E-state index is -0.250. The molecule has 1 heterocycles. The van der Waals surface area contributed by atoms with Crippen molar-refractivity contribution in [1.82, 2.24) is 4.90 Å². The van der Waals surface area contributed by atoms with Crippen molar-refractivity contribution in [2.75, 3.05) is 26.3 Å². The van der Waals surface area contributed by atoms with Gasteiger partial charge < -0.3 is 9.84 Å². The van der Waals surface area contributed by atoms with Gasteiger partial charge in [-0.1, -0.05) is 0 Å².